The molecule has 2 fully saturated rings. The summed E-state index contributed by atoms with van der Waals surface area (Å²) in [6, 6.07) is 25.7. The minimum absolute atomic E-state index is 0.163. The van der Waals surface area contributed by atoms with Gasteiger partial charge >= 0.3 is 5.97 Å². The Morgan fingerprint density at radius 2 is 1.55 bits per heavy atom. The molecule has 0 aliphatic carbocycles. The Morgan fingerprint density at radius 1 is 0.864 bits per heavy atom. The fourth-order valence-corrected chi connectivity index (χ4v) is 6.79. The molecule has 3 aromatic rings. The van der Waals surface area contributed by atoms with Crippen molar-refractivity contribution in [3.8, 4) is 0 Å². The van der Waals surface area contributed by atoms with Crippen molar-refractivity contribution in [2.45, 2.75) is 64.1 Å². The first-order chi connectivity index (χ1) is 21.1. The van der Waals surface area contributed by atoms with Gasteiger partial charge in [0.05, 0.1) is 18.7 Å². The molecule has 0 N–H and O–H groups in total. The van der Waals surface area contributed by atoms with Crippen molar-refractivity contribution in [2.24, 2.45) is 0 Å². The van der Waals surface area contributed by atoms with E-state index in [9.17, 15) is 14.4 Å². The molecule has 230 valence electrons. The Kier molecular flexibility index (Phi) is 8.20. The van der Waals surface area contributed by atoms with Crippen LogP contribution in [0.25, 0.3) is 0 Å². The Hall–Kier alpha value is -4.17. The Labute approximate surface area is 260 Å². The summed E-state index contributed by atoms with van der Waals surface area (Å²) in [5, 5.41) is 0. The van der Waals surface area contributed by atoms with Crippen molar-refractivity contribution in [1.82, 2.24) is 9.80 Å². The number of anilines is 2. The molecule has 0 bridgehead atoms. The molecule has 6 rings (SSSR count). The summed E-state index contributed by atoms with van der Waals surface area (Å²) in [5.74, 6) is -0.00553. The van der Waals surface area contributed by atoms with Crippen molar-refractivity contribution < 1.29 is 19.1 Å². The second kappa shape index (κ2) is 12.1. The van der Waals surface area contributed by atoms with Crippen molar-refractivity contribution in [2.75, 3.05) is 42.6 Å². The van der Waals surface area contributed by atoms with Crippen molar-refractivity contribution in [3.05, 3.63) is 95.6 Å². The number of para-hydroxylation sites is 2. The molecular weight excluding hydrogens is 552 g/mol. The summed E-state index contributed by atoms with van der Waals surface area (Å²) in [6.07, 6.45) is 2.89. The maximum atomic E-state index is 14.2. The summed E-state index contributed by atoms with van der Waals surface area (Å²) < 4.78 is 5.50. The van der Waals surface area contributed by atoms with Crippen LogP contribution in [0.3, 0.4) is 0 Å². The molecule has 0 unspecified atom stereocenters. The third-order valence-electron chi connectivity index (χ3n) is 9.01. The van der Waals surface area contributed by atoms with Crippen LogP contribution in [0.5, 0.6) is 0 Å². The largest absolute Gasteiger partial charge is 0.456 e. The van der Waals surface area contributed by atoms with E-state index in [1.54, 1.807) is 12.1 Å². The molecule has 3 heterocycles. The van der Waals surface area contributed by atoms with Gasteiger partial charge in [-0.2, -0.15) is 0 Å². The number of benzene rings is 3. The van der Waals surface area contributed by atoms with Crippen LogP contribution in [0.15, 0.2) is 78.9 Å². The van der Waals surface area contributed by atoms with Gasteiger partial charge in [-0.25, -0.2) is 4.79 Å². The molecule has 1 spiro atoms. The van der Waals surface area contributed by atoms with Gasteiger partial charge in [-0.05, 0) is 88.0 Å². The minimum Gasteiger partial charge on any atom is -0.456 e. The van der Waals surface area contributed by atoms with E-state index in [4.69, 9.17) is 4.74 Å². The number of amides is 2. The number of likely N-dealkylation sites (tertiary alicyclic amines) is 1. The highest BCUT2D eigenvalue weighted by atomic mass is 16.6. The van der Waals surface area contributed by atoms with E-state index in [0.29, 0.717) is 31.7 Å². The molecule has 8 heteroatoms. The van der Waals surface area contributed by atoms with Crippen LogP contribution in [-0.2, 0) is 27.3 Å². The third kappa shape index (κ3) is 6.09. The van der Waals surface area contributed by atoms with Gasteiger partial charge in [-0.15, -0.1) is 0 Å². The zero-order valence-corrected chi connectivity index (χ0v) is 26.0. The first kappa shape index (κ1) is 29.9. The van der Waals surface area contributed by atoms with Gasteiger partial charge in [-0.1, -0.05) is 48.5 Å². The lowest BCUT2D eigenvalue weighted by atomic mass is 9.85. The van der Waals surface area contributed by atoms with E-state index in [0.717, 1.165) is 61.4 Å². The van der Waals surface area contributed by atoms with Gasteiger partial charge in [0.25, 0.3) is 0 Å². The normalized spacial score (nSPS) is 18.3. The Balaban J connectivity index is 1.10. The molecule has 3 aromatic carbocycles. The van der Waals surface area contributed by atoms with Gasteiger partial charge in [0.1, 0.15) is 11.1 Å². The zero-order chi connectivity index (χ0) is 30.9. The maximum absolute atomic E-state index is 14.2. The second-order valence-corrected chi connectivity index (χ2v) is 13.2. The number of hydrogen-bond acceptors (Lipinski definition) is 6. The molecule has 3 aliphatic rings. The molecule has 0 saturated carbocycles. The molecule has 3 aliphatic heterocycles. The fourth-order valence-electron chi connectivity index (χ4n) is 6.79. The zero-order valence-electron chi connectivity index (χ0n) is 26.0. The van der Waals surface area contributed by atoms with Crippen molar-refractivity contribution in [3.63, 3.8) is 0 Å². The van der Waals surface area contributed by atoms with Crippen LogP contribution in [0, 0.1) is 0 Å². The SMILES string of the molecule is CC(C)(C)OC(=O)c1ccc(CN2CN(c3ccccc3)C3(CCN(CCCN4C(=O)Cc5ccccc54)CC3)C2=O)cc1. The number of piperidine rings is 1. The van der Waals surface area contributed by atoms with E-state index in [1.165, 1.54) is 0 Å². The molecule has 2 saturated heterocycles. The lowest BCUT2D eigenvalue weighted by molar-refractivity contribution is -0.134. The number of fused-ring (bicyclic) bond motifs is 1. The molecular formula is C36H42N4O4. The molecule has 0 radical (unpaired) electrons. The average Bonchev–Trinajstić information content (AvgIpc) is 3.47. The van der Waals surface area contributed by atoms with E-state index < -0.39 is 11.1 Å². The van der Waals surface area contributed by atoms with Crippen LogP contribution in [0.2, 0.25) is 0 Å². The first-order valence-corrected chi connectivity index (χ1v) is 15.7. The monoisotopic (exact) mass is 594 g/mol. The summed E-state index contributed by atoms with van der Waals surface area (Å²) in [6.45, 7) is 9.84. The van der Waals surface area contributed by atoms with Gasteiger partial charge < -0.3 is 24.3 Å². The van der Waals surface area contributed by atoms with Crippen molar-refractivity contribution in [1.29, 1.82) is 0 Å². The smallest absolute Gasteiger partial charge is 0.338 e. The number of carbonyl (C=O) groups excluding carboxylic acids is 3. The number of carbonyl (C=O) groups is 3. The van der Waals surface area contributed by atoms with E-state index in [-0.39, 0.29) is 17.8 Å². The number of rotatable bonds is 8. The highest BCUT2D eigenvalue weighted by Crippen LogP contribution is 2.40. The van der Waals surface area contributed by atoms with Crippen molar-refractivity contribution >= 4 is 29.2 Å². The summed E-state index contributed by atoms with van der Waals surface area (Å²) in [4.78, 5) is 47.9. The molecule has 44 heavy (non-hydrogen) atoms. The van der Waals surface area contributed by atoms with Crippen LogP contribution in [0.1, 0.15) is 61.5 Å². The van der Waals surface area contributed by atoms with Crippen LogP contribution >= 0.6 is 0 Å². The first-order valence-electron chi connectivity index (χ1n) is 15.7. The number of esters is 1. The summed E-state index contributed by atoms with van der Waals surface area (Å²) in [7, 11) is 0. The third-order valence-corrected chi connectivity index (χ3v) is 9.01. The lowest BCUT2D eigenvalue weighted by Gasteiger charge is -2.43. The van der Waals surface area contributed by atoms with Crippen LogP contribution in [-0.4, -0.2) is 71.6 Å². The Bertz CT molecular complexity index is 1510. The number of ether oxygens (including phenoxy) is 1. The van der Waals surface area contributed by atoms with Crippen LogP contribution in [0.4, 0.5) is 11.4 Å². The highest BCUT2D eigenvalue weighted by Gasteiger charge is 2.53. The predicted molar refractivity (Wildman–Crippen MR) is 171 cm³/mol. The molecule has 2 amide bonds. The molecule has 8 nitrogen and oxygen atoms in total. The summed E-state index contributed by atoms with van der Waals surface area (Å²) in [5.41, 5.74) is 3.56. The molecule has 0 atom stereocenters. The van der Waals surface area contributed by atoms with E-state index in [1.807, 2.05) is 85.2 Å². The second-order valence-electron chi connectivity index (χ2n) is 13.2. The number of hydrogen-bond donors (Lipinski definition) is 0. The van der Waals surface area contributed by atoms with Gasteiger partial charge in [0, 0.05) is 37.6 Å². The number of nitrogens with zero attached hydrogens (tertiary/aromatic N) is 4. The lowest BCUT2D eigenvalue weighted by Crippen LogP contribution is -2.56. The maximum Gasteiger partial charge on any atom is 0.338 e. The van der Waals surface area contributed by atoms with Gasteiger partial charge in [0.15, 0.2) is 0 Å². The highest BCUT2D eigenvalue weighted by molar-refractivity contribution is 6.01. The Morgan fingerprint density at radius 3 is 2.25 bits per heavy atom. The minimum atomic E-state index is -0.585. The predicted octanol–water partition coefficient (Wildman–Crippen LogP) is 5.26. The molecule has 0 aromatic heterocycles. The van der Waals surface area contributed by atoms with Crippen LogP contribution < -0.4 is 9.80 Å². The summed E-state index contributed by atoms with van der Waals surface area (Å²) >= 11 is 0. The standard InChI is InChI=1S/C36H42N4O4/c1-35(2,3)44-33(42)28-16-14-27(15-17-28)25-38-26-40(30-11-5-4-6-12-30)36(34(38)43)18-22-37(23-19-36)20-9-21-39-31-13-8-7-10-29(31)24-32(39)41/h4-8,10-17H,9,18-26H2,1-3H3. The fraction of sp³-hybridized carbons (Fsp3) is 0.417. The van der Waals surface area contributed by atoms with Gasteiger partial charge in [-0.3, -0.25) is 9.59 Å². The van der Waals surface area contributed by atoms with E-state index in [2.05, 4.69) is 21.9 Å². The van der Waals surface area contributed by atoms with E-state index >= 15 is 0 Å². The quantitative estimate of drug-likeness (QED) is 0.331. The topological polar surface area (TPSA) is 73.4 Å². The van der Waals surface area contributed by atoms with Gasteiger partial charge in [0.2, 0.25) is 11.8 Å². The average molecular weight is 595 g/mol.